The lowest BCUT2D eigenvalue weighted by Crippen LogP contribution is -2.28. The second-order valence-corrected chi connectivity index (χ2v) is 5.87. The van der Waals surface area contributed by atoms with Crippen LogP contribution in [0.15, 0.2) is 53.7 Å². The summed E-state index contributed by atoms with van der Waals surface area (Å²) in [6.45, 7) is 0.282. The number of alkyl halides is 3. The highest BCUT2D eigenvalue weighted by Crippen LogP contribution is 2.26. The van der Waals surface area contributed by atoms with Gasteiger partial charge in [-0.05, 0) is 42.0 Å². The second-order valence-electron chi connectivity index (χ2n) is 4.40. The van der Waals surface area contributed by atoms with Crippen molar-refractivity contribution in [2.24, 2.45) is 0 Å². The number of aromatic nitrogens is 1. The van der Waals surface area contributed by atoms with Crippen molar-refractivity contribution in [3.63, 3.8) is 0 Å². The average molecular weight is 343 g/mol. The van der Waals surface area contributed by atoms with E-state index in [-0.39, 0.29) is 11.4 Å². The summed E-state index contributed by atoms with van der Waals surface area (Å²) in [5.41, 5.74) is -3.66. The molecule has 1 heterocycles. The number of halogens is 3. The fourth-order valence-corrected chi connectivity index (χ4v) is 2.30. The normalized spacial score (nSPS) is 12.5. The largest absolute Gasteiger partial charge is 0.475 e. The standard InChI is InChI=1S/C14H12F3N3O2S/c15-14(16,17)23(22)12-3-1-11(2-4-12)20-13(21)19-9-10-5-7-18-8-6-10/h1-8H,9H2,(H2,19,20,21)/t23-/m1/s1. The van der Waals surface area contributed by atoms with Crippen molar-refractivity contribution in [1.82, 2.24) is 10.3 Å². The van der Waals surface area contributed by atoms with Gasteiger partial charge >= 0.3 is 11.5 Å². The van der Waals surface area contributed by atoms with Crippen LogP contribution in [0.25, 0.3) is 0 Å². The number of benzene rings is 1. The zero-order chi connectivity index (χ0) is 16.9. The van der Waals surface area contributed by atoms with Gasteiger partial charge in [-0.1, -0.05) is 0 Å². The zero-order valence-electron chi connectivity index (χ0n) is 11.6. The number of hydrogen-bond donors (Lipinski definition) is 2. The molecule has 0 spiro atoms. The van der Waals surface area contributed by atoms with E-state index in [1.165, 1.54) is 12.1 Å². The number of amides is 2. The summed E-state index contributed by atoms with van der Waals surface area (Å²) in [4.78, 5) is 15.2. The lowest BCUT2D eigenvalue weighted by molar-refractivity contribution is -0.0384. The first-order valence-electron chi connectivity index (χ1n) is 6.38. The van der Waals surface area contributed by atoms with E-state index in [2.05, 4.69) is 15.6 Å². The van der Waals surface area contributed by atoms with Gasteiger partial charge in [0.15, 0.2) is 10.8 Å². The van der Waals surface area contributed by atoms with Crippen molar-refractivity contribution in [2.45, 2.75) is 16.9 Å². The quantitative estimate of drug-likeness (QED) is 0.896. The second kappa shape index (κ2) is 7.23. The van der Waals surface area contributed by atoms with Crippen molar-refractivity contribution >= 4 is 22.5 Å². The summed E-state index contributed by atoms with van der Waals surface area (Å²) in [6, 6.07) is 7.59. The highest BCUT2D eigenvalue weighted by Gasteiger charge is 2.37. The van der Waals surface area contributed by atoms with E-state index in [0.29, 0.717) is 5.69 Å². The Bertz CT molecular complexity index is 691. The smallest absolute Gasteiger partial charge is 0.334 e. The number of pyridine rings is 1. The first kappa shape index (κ1) is 16.9. The Balaban J connectivity index is 1.90. The number of anilines is 1. The predicted molar refractivity (Wildman–Crippen MR) is 79.0 cm³/mol. The topological polar surface area (TPSA) is 71.1 Å². The van der Waals surface area contributed by atoms with Gasteiger partial charge in [0.2, 0.25) is 0 Å². The average Bonchev–Trinajstić information content (AvgIpc) is 2.53. The van der Waals surface area contributed by atoms with Crippen LogP contribution in [-0.4, -0.2) is 20.7 Å². The summed E-state index contributed by atoms with van der Waals surface area (Å²) < 4.78 is 48.1. The monoisotopic (exact) mass is 343 g/mol. The van der Waals surface area contributed by atoms with Gasteiger partial charge in [0.1, 0.15) is 0 Å². The summed E-state index contributed by atoms with van der Waals surface area (Å²) >= 11 is 0. The highest BCUT2D eigenvalue weighted by atomic mass is 32.2. The molecule has 0 saturated carbocycles. The van der Waals surface area contributed by atoms with Crippen LogP contribution in [0, 0.1) is 0 Å². The minimum Gasteiger partial charge on any atom is -0.334 e. The van der Waals surface area contributed by atoms with Gasteiger partial charge in [0.25, 0.3) is 0 Å². The summed E-state index contributed by atoms with van der Waals surface area (Å²) in [5, 5.41) is 5.06. The third-order valence-corrected chi connectivity index (χ3v) is 3.86. The SMILES string of the molecule is O=C(NCc1ccncc1)Nc1ccc([S@@](=O)C(F)(F)F)cc1. The lowest BCUT2D eigenvalue weighted by Gasteiger charge is -2.09. The molecule has 2 aromatic rings. The van der Waals surface area contributed by atoms with Crippen molar-refractivity contribution < 1.29 is 22.2 Å². The molecule has 9 heteroatoms. The maximum Gasteiger partial charge on any atom is 0.475 e. The Morgan fingerprint density at radius 2 is 1.70 bits per heavy atom. The van der Waals surface area contributed by atoms with Gasteiger partial charge in [-0.25, -0.2) is 9.00 Å². The molecule has 0 aliphatic carbocycles. The van der Waals surface area contributed by atoms with Crippen LogP contribution in [0.4, 0.5) is 23.7 Å². The molecule has 2 amide bonds. The first-order valence-corrected chi connectivity index (χ1v) is 7.53. The lowest BCUT2D eigenvalue weighted by atomic mass is 10.3. The van der Waals surface area contributed by atoms with Gasteiger partial charge in [-0.15, -0.1) is 0 Å². The van der Waals surface area contributed by atoms with Crippen LogP contribution in [0.3, 0.4) is 0 Å². The number of urea groups is 1. The zero-order valence-corrected chi connectivity index (χ0v) is 12.4. The maximum atomic E-state index is 12.3. The van der Waals surface area contributed by atoms with E-state index >= 15 is 0 Å². The molecule has 2 N–H and O–H groups in total. The van der Waals surface area contributed by atoms with E-state index < -0.39 is 22.3 Å². The Labute approximate surface area is 132 Å². The Kier molecular flexibility index (Phi) is 5.32. The third kappa shape index (κ3) is 5.06. The Hall–Kier alpha value is -2.42. The molecule has 0 radical (unpaired) electrons. The Morgan fingerprint density at radius 1 is 1.09 bits per heavy atom. The molecule has 0 saturated heterocycles. The Morgan fingerprint density at radius 3 is 2.26 bits per heavy atom. The van der Waals surface area contributed by atoms with Gasteiger partial charge in [-0.2, -0.15) is 13.2 Å². The van der Waals surface area contributed by atoms with Crippen LogP contribution in [0.2, 0.25) is 0 Å². The van der Waals surface area contributed by atoms with Gasteiger partial charge in [0, 0.05) is 29.5 Å². The van der Waals surface area contributed by atoms with Crippen LogP contribution >= 0.6 is 0 Å². The van der Waals surface area contributed by atoms with Crippen molar-refractivity contribution in [2.75, 3.05) is 5.32 Å². The first-order chi connectivity index (χ1) is 10.9. The molecule has 1 aromatic heterocycles. The van der Waals surface area contributed by atoms with Gasteiger partial charge < -0.3 is 10.6 Å². The highest BCUT2D eigenvalue weighted by molar-refractivity contribution is 7.86. The third-order valence-electron chi connectivity index (χ3n) is 2.74. The molecule has 23 heavy (non-hydrogen) atoms. The van der Waals surface area contributed by atoms with Crippen LogP contribution in [0.1, 0.15) is 5.56 Å². The van der Waals surface area contributed by atoms with Crippen molar-refractivity contribution in [3.05, 3.63) is 54.4 Å². The van der Waals surface area contributed by atoms with Crippen molar-refractivity contribution in [3.8, 4) is 0 Å². The van der Waals surface area contributed by atoms with E-state index in [1.54, 1.807) is 24.5 Å². The number of nitrogens with zero attached hydrogens (tertiary/aromatic N) is 1. The molecule has 122 valence electrons. The molecule has 0 fully saturated rings. The van der Waals surface area contributed by atoms with Crippen LogP contribution in [-0.2, 0) is 17.3 Å². The molecule has 0 aliphatic rings. The molecule has 2 rings (SSSR count). The molecule has 0 bridgehead atoms. The number of nitrogens with one attached hydrogen (secondary N) is 2. The van der Waals surface area contributed by atoms with E-state index in [1.807, 2.05) is 0 Å². The molecular formula is C14H12F3N3O2S. The molecule has 5 nitrogen and oxygen atoms in total. The van der Waals surface area contributed by atoms with E-state index in [9.17, 15) is 22.2 Å². The van der Waals surface area contributed by atoms with E-state index in [4.69, 9.17) is 0 Å². The predicted octanol–water partition coefficient (Wildman–Crippen LogP) is 3.03. The van der Waals surface area contributed by atoms with Crippen molar-refractivity contribution in [1.29, 1.82) is 0 Å². The number of carbonyl (C=O) groups excluding carboxylic acids is 1. The molecular weight excluding hydrogens is 331 g/mol. The van der Waals surface area contributed by atoms with Gasteiger partial charge in [0.05, 0.1) is 0 Å². The molecule has 0 unspecified atom stereocenters. The number of carbonyl (C=O) groups is 1. The minimum atomic E-state index is -4.81. The maximum absolute atomic E-state index is 12.3. The number of hydrogen-bond acceptors (Lipinski definition) is 3. The fourth-order valence-electron chi connectivity index (χ4n) is 1.65. The van der Waals surface area contributed by atoms with Crippen LogP contribution in [0.5, 0.6) is 0 Å². The van der Waals surface area contributed by atoms with Crippen LogP contribution < -0.4 is 10.6 Å². The molecule has 0 aliphatic heterocycles. The van der Waals surface area contributed by atoms with E-state index in [0.717, 1.165) is 17.7 Å². The summed E-state index contributed by atoms with van der Waals surface area (Å²) in [7, 11) is -3.08. The number of rotatable bonds is 4. The summed E-state index contributed by atoms with van der Waals surface area (Å²) in [5.74, 6) is 0. The molecule has 1 atom stereocenters. The molecule has 1 aromatic carbocycles. The minimum absolute atomic E-state index is 0.282. The van der Waals surface area contributed by atoms with Gasteiger partial charge in [-0.3, -0.25) is 4.98 Å². The summed E-state index contributed by atoms with van der Waals surface area (Å²) in [6.07, 6.45) is 3.18. The fraction of sp³-hybridized carbons (Fsp3) is 0.143.